The van der Waals surface area contributed by atoms with Crippen LogP contribution in [0.25, 0.3) is 0 Å². The van der Waals surface area contributed by atoms with Crippen molar-refractivity contribution in [1.29, 1.82) is 0 Å². The molecule has 9 heteroatoms. The molecule has 4 atom stereocenters. The van der Waals surface area contributed by atoms with Crippen LogP contribution in [0.3, 0.4) is 0 Å². The van der Waals surface area contributed by atoms with Crippen LogP contribution in [0.2, 0.25) is 0 Å². The second-order valence-corrected chi connectivity index (χ2v) is 9.28. The van der Waals surface area contributed by atoms with E-state index in [9.17, 15) is 9.59 Å². The van der Waals surface area contributed by atoms with Gasteiger partial charge >= 0.3 is 11.9 Å². The van der Waals surface area contributed by atoms with Gasteiger partial charge in [0.2, 0.25) is 0 Å². The van der Waals surface area contributed by atoms with Crippen LogP contribution < -0.4 is 20.9 Å². The lowest BCUT2D eigenvalue weighted by atomic mass is 9.50. The quantitative estimate of drug-likeness (QED) is 0.571. The molecular formula is C24H31N3O6. The Balaban J connectivity index is 1.71. The Hall–Kier alpha value is -2.62. The second kappa shape index (κ2) is 8.00. The summed E-state index contributed by atoms with van der Waals surface area (Å²) in [7, 11) is 3.67. The summed E-state index contributed by atoms with van der Waals surface area (Å²) in [5.74, 6) is 0.982. The molecule has 178 valence electrons. The molecule has 0 radical (unpaired) electrons. The Morgan fingerprint density at radius 1 is 1.21 bits per heavy atom. The number of nitrogens with zero attached hydrogens (tertiary/aromatic N) is 1. The normalized spacial score (nSPS) is 31.2. The van der Waals surface area contributed by atoms with Crippen molar-refractivity contribution >= 4 is 11.9 Å². The number of rotatable bonds is 7. The lowest BCUT2D eigenvalue weighted by molar-refractivity contribution is -0.206. The van der Waals surface area contributed by atoms with Crippen LogP contribution in [0.1, 0.15) is 36.8 Å². The molecule has 1 spiro atoms. The van der Waals surface area contributed by atoms with E-state index in [1.807, 2.05) is 12.1 Å². The number of hydrogen-bond donors (Lipinski definition) is 2. The van der Waals surface area contributed by atoms with Gasteiger partial charge in [-0.2, -0.15) is 0 Å². The van der Waals surface area contributed by atoms with Crippen molar-refractivity contribution in [2.75, 3.05) is 33.8 Å². The number of likely N-dealkylation sites (N-methyl/N-ethyl adjacent to an activating group) is 1. The highest BCUT2D eigenvalue weighted by molar-refractivity contribution is 5.74. The number of benzene rings is 1. The molecule has 33 heavy (non-hydrogen) atoms. The van der Waals surface area contributed by atoms with Crippen molar-refractivity contribution in [3.05, 3.63) is 35.1 Å². The van der Waals surface area contributed by atoms with Gasteiger partial charge in [-0.3, -0.25) is 14.5 Å². The van der Waals surface area contributed by atoms with Crippen LogP contribution in [-0.2, 0) is 30.9 Å². The summed E-state index contributed by atoms with van der Waals surface area (Å²) in [6, 6.07) is 3.93. The molecule has 2 aliphatic carbocycles. The zero-order valence-corrected chi connectivity index (χ0v) is 19.1. The van der Waals surface area contributed by atoms with E-state index in [1.54, 1.807) is 7.11 Å². The fourth-order valence-corrected chi connectivity index (χ4v) is 6.43. The third kappa shape index (κ3) is 2.95. The summed E-state index contributed by atoms with van der Waals surface area (Å²) < 4.78 is 24.4. The van der Waals surface area contributed by atoms with Gasteiger partial charge in [-0.15, -0.1) is 0 Å². The zero-order valence-electron chi connectivity index (χ0n) is 19.1. The molecule has 2 aliphatic heterocycles. The van der Waals surface area contributed by atoms with Gasteiger partial charge in [-0.05, 0) is 44.1 Å². The molecular weight excluding hydrogens is 426 g/mol. The van der Waals surface area contributed by atoms with E-state index >= 15 is 0 Å². The first-order valence-electron chi connectivity index (χ1n) is 11.5. The minimum Gasteiger partial charge on any atom is -0.493 e. The van der Waals surface area contributed by atoms with Gasteiger partial charge in [-0.25, -0.2) is 0 Å². The molecule has 9 nitrogen and oxygen atoms in total. The minimum atomic E-state index is -0.870. The van der Waals surface area contributed by atoms with Crippen molar-refractivity contribution in [2.45, 2.75) is 55.3 Å². The maximum Gasteiger partial charge on any atom is 0.312 e. The van der Waals surface area contributed by atoms with E-state index in [0.717, 1.165) is 17.7 Å². The van der Waals surface area contributed by atoms with Crippen molar-refractivity contribution in [2.24, 2.45) is 11.5 Å². The summed E-state index contributed by atoms with van der Waals surface area (Å²) in [6.45, 7) is 1.21. The van der Waals surface area contributed by atoms with E-state index in [2.05, 4.69) is 18.0 Å². The summed E-state index contributed by atoms with van der Waals surface area (Å²) in [5.41, 5.74) is 11.8. The number of carbonyl (C=O) groups is 2. The summed E-state index contributed by atoms with van der Waals surface area (Å²) >= 11 is 0. The SMILES string of the molecule is COc1ccc2c3c1O[C@@H]1C(OC(=O)CCN)=CC[C@]4(OC(=O)CCN)[C@H](C2)N(C)CC[C@@]314. The van der Waals surface area contributed by atoms with E-state index < -0.39 is 23.1 Å². The van der Waals surface area contributed by atoms with E-state index in [0.29, 0.717) is 36.5 Å². The zero-order chi connectivity index (χ0) is 23.4. The van der Waals surface area contributed by atoms with Gasteiger partial charge in [0.1, 0.15) is 11.4 Å². The van der Waals surface area contributed by atoms with Gasteiger partial charge in [-0.1, -0.05) is 6.07 Å². The standard InChI is InChI=1S/C24H31N3O6/c1-27-12-9-23-20-14-3-4-15(30-2)21(20)32-22(23)16(31-18(28)6-10-25)5-8-24(23,17(27)13-14)33-19(29)7-11-26/h3-5,17,22H,6-13,25-26H2,1-2H3/t17-,22+,23+,24-/m0/s1. The van der Waals surface area contributed by atoms with Gasteiger partial charge < -0.3 is 30.4 Å². The maximum absolute atomic E-state index is 12.9. The smallest absolute Gasteiger partial charge is 0.312 e. The molecule has 4 N–H and O–H groups in total. The Morgan fingerprint density at radius 2 is 1.97 bits per heavy atom. The number of methoxy groups -OCH3 is 1. The number of hydrogen-bond acceptors (Lipinski definition) is 9. The third-order valence-corrected chi connectivity index (χ3v) is 7.74. The average molecular weight is 458 g/mol. The Kier molecular flexibility index (Phi) is 5.38. The number of nitrogens with two attached hydrogens (primary N) is 2. The second-order valence-electron chi connectivity index (χ2n) is 9.28. The largest absolute Gasteiger partial charge is 0.493 e. The molecule has 1 aromatic rings. The van der Waals surface area contributed by atoms with Crippen molar-refractivity contribution in [1.82, 2.24) is 4.90 Å². The van der Waals surface area contributed by atoms with Crippen molar-refractivity contribution in [3.63, 3.8) is 0 Å². The minimum absolute atomic E-state index is 0.0523. The van der Waals surface area contributed by atoms with E-state index in [1.165, 1.54) is 0 Å². The molecule has 0 saturated carbocycles. The number of ether oxygens (including phenoxy) is 4. The Labute approximate surface area is 193 Å². The van der Waals surface area contributed by atoms with Crippen LogP contribution in [0.5, 0.6) is 11.5 Å². The number of carbonyl (C=O) groups excluding carboxylic acids is 2. The molecule has 5 rings (SSSR count). The van der Waals surface area contributed by atoms with Crippen molar-refractivity contribution in [3.8, 4) is 11.5 Å². The molecule has 0 aromatic heterocycles. The van der Waals surface area contributed by atoms with Gasteiger partial charge in [0, 0.05) is 25.1 Å². The highest BCUT2D eigenvalue weighted by Crippen LogP contribution is 2.66. The summed E-state index contributed by atoms with van der Waals surface area (Å²) in [6.07, 6.45) is 3.30. The topological polar surface area (TPSA) is 126 Å². The van der Waals surface area contributed by atoms with Crippen LogP contribution in [0.15, 0.2) is 24.0 Å². The lowest BCUT2D eigenvalue weighted by Crippen LogP contribution is -2.75. The molecule has 1 saturated heterocycles. The predicted octanol–water partition coefficient (Wildman–Crippen LogP) is 0.765. The van der Waals surface area contributed by atoms with E-state index in [4.69, 9.17) is 30.4 Å². The highest BCUT2D eigenvalue weighted by Gasteiger charge is 2.74. The molecule has 0 amide bonds. The van der Waals surface area contributed by atoms with Crippen molar-refractivity contribution < 1.29 is 28.5 Å². The first-order chi connectivity index (χ1) is 15.9. The van der Waals surface area contributed by atoms with Crippen LogP contribution in [0.4, 0.5) is 0 Å². The molecule has 1 aromatic carbocycles. The highest BCUT2D eigenvalue weighted by atomic mass is 16.6. The van der Waals surface area contributed by atoms with Crippen LogP contribution in [0, 0.1) is 0 Å². The number of esters is 2. The molecule has 2 bridgehead atoms. The third-order valence-electron chi connectivity index (χ3n) is 7.74. The molecule has 4 aliphatic rings. The summed E-state index contributed by atoms with van der Waals surface area (Å²) in [5, 5.41) is 0. The number of piperidine rings is 1. The Morgan fingerprint density at radius 3 is 2.70 bits per heavy atom. The first-order valence-corrected chi connectivity index (χ1v) is 11.5. The number of likely N-dealkylation sites (tertiary alicyclic amines) is 1. The van der Waals surface area contributed by atoms with Crippen LogP contribution >= 0.6 is 0 Å². The Bertz CT molecular complexity index is 1030. The fourth-order valence-electron chi connectivity index (χ4n) is 6.43. The van der Waals surface area contributed by atoms with Crippen LogP contribution in [-0.4, -0.2) is 68.4 Å². The van der Waals surface area contributed by atoms with Gasteiger partial charge in [0.05, 0.1) is 31.4 Å². The first kappa shape index (κ1) is 22.2. The summed E-state index contributed by atoms with van der Waals surface area (Å²) in [4.78, 5) is 27.6. The van der Waals surface area contributed by atoms with E-state index in [-0.39, 0.29) is 37.9 Å². The molecule has 2 heterocycles. The molecule has 0 unspecified atom stereocenters. The average Bonchev–Trinajstić information content (AvgIpc) is 3.14. The monoisotopic (exact) mass is 457 g/mol. The van der Waals surface area contributed by atoms with Gasteiger partial charge in [0.15, 0.2) is 17.6 Å². The molecule has 1 fully saturated rings. The lowest BCUT2D eigenvalue weighted by Gasteiger charge is -2.62. The maximum atomic E-state index is 12.9. The van der Waals surface area contributed by atoms with Gasteiger partial charge in [0.25, 0.3) is 0 Å². The predicted molar refractivity (Wildman–Crippen MR) is 119 cm³/mol. The fraction of sp³-hybridized carbons (Fsp3) is 0.583.